The summed E-state index contributed by atoms with van der Waals surface area (Å²) >= 11 is 0. The zero-order valence-electron chi connectivity index (χ0n) is 10.4. The molecule has 0 aromatic carbocycles. The Kier molecular flexibility index (Phi) is 4.19. The standard InChI is InChI=1S/C12H23NO3/c1-12(2,3)10-9(6-8-14)5-4-7-13(10)11(15)16/h9-10,14H,4-8H2,1-3H3,(H,15,16)/t9-,10?/m1/s1. The number of nitrogens with zero attached hydrogens (tertiary/aromatic N) is 1. The van der Waals surface area contributed by atoms with Gasteiger partial charge in [-0.25, -0.2) is 4.79 Å². The van der Waals surface area contributed by atoms with Gasteiger partial charge >= 0.3 is 6.09 Å². The molecule has 0 aromatic rings. The first-order chi connectivity index (χ1) is 7.38. The number of carbonyl (C=O) groups is 1. The van der Waals surface area contributed by atoms with E-state index in [1.54, 1.807) is 4.90 Å². The van der Waals surface area contributed by atoms with E-state index in [2.05, 4.69) is 20.8 Å². The maximum absolute atomic E-state index is 11.2. The predicted octanol–water partition coefficient (Wildman–Crippen LogP) is 2.17. The van der Waals surface area contributed by atoms with E-state index < -0.39 is 6.09 Å². The zero-order valence-corrected chi connectivity index (χ0v) is 10.4. The molecule has 1 heterocycles. The Labute approximate surface area is 97.3 Å². The van der Waals surface area contributed by atoms with Crippen LogP contribution in [0.1, 0.15) is 40.0 Å². The first-order valence-corrected chi connectivity index (χ1v) is 5.98. The van der Waals surface area contributed by atoms with Crippen molar-refractivity contribution in [3.8, 4) is 0 Å². The van der Waals surface area contributed by atoms with Gasteiger partial charge < -0.3 is 15.1 Å². The van der Waals surface area contributed by atoms with E-state index in [0.29, 0.717) is 13.0 Å². The molecule has 16 heavy (non-hydrogen) atoms. The summed E-state index contributed by atoms with van der Waals surface area (Å²) in [4.78, 5) is 12.8. The molecule has 0 bridgehead atoms. The van der Waals surface area contributed by atoms with Crippen molar-refractivity contribution < 1.29 is 15.0 Å². The summed E-state index contributed by atoms with van der Waals surface area (Å²) in [6.45, 7) is 6.99. The van der Waals surface area contributed by atoms with Crippen LogP contribution in [0.25, 0.3) is 0 Å². The summed E-state index contributed by atoms with van der Waals surface area (Å²) in [6.07, 6.45) is 1.80. The lowest BCUT2D eigenvalue weighted by molar-refractivity contribution is 0.0147. The molecule has 2 N–H and O–H groups in total. The van der Waals surface area contributed by atoms with Gasteiger partial charge in [-0.3, -0.25) is 0 Å². The summed E-state index contributed by atoms with van der Waals surface area (Å²) < 4.78 is 0. The van der Waals surface area contributed by atoms with Gasteiger partial charge in [0.1, 0.15) is 0 Å². The minimum atomic E-state index is -0.831. The minimum Gasteiger partial charge on any atom is -0.465 e. The number of amides is 1. The quantitative estimate of drug-likeness (QED) is 0.763. The average Bonchev–Trinajstić information content (AvgIpc) is 2.16. The van der Waals surface area contributed by atoms with Crippen LogP contribution in [-0.2, 0) is 0 Å². The maximum atomic E-state index is 11.2. The largest absolute Gasteiger partial charge is 0.465 e. The Bertz CT molecular complexity index is 245. The molecule has 0 aromatic heterocycles. The molecule has 0 radical (unpaired) electrons. The molecule has 4 heteroatoms. The second-order valence-corrected chi connectivity index (χ2v) is 5.70. The zero-order chi connectivity index (χ0) is 12.3. The third kappa shape index (κ3) is 2.88. The number of aliphatic hydroxyl groups excluding tert-OH is 1. The lowest BCUT2D eigenvalue weighted by atomic mass is 9.73. The molecule has 0 saturated carbocycles. The molecule has 2 atom stereocenters. The van der Waals surface area contributed by atoms with Crippen molar-refractivity contribution in [3.05, 3.63) is 0 Å². The van der Waals surface area contributed by atoms with Crippen LogP contribution >= 0.6 is 0 Å². The first-order valence-electron chi connectivity index (χ1n) is 5.98. The molecule has 4 nitrogen and oxygen atoms in total. The van der Waals surface area contributed by atoms with E-state index in [4.69, 9.17) is 5.11 Å². The van der Waals surface area contributed by atoms with Crippen LogP contribution in [0.4, 0.5) is 4.79 Å². The second-order valence-electron chi connectivity index (χ2n) is 5.70. The van der Waals surface area contributed by atoms with Crippen LogP contribution in [0.15, 0.2) is 0 Å². The smallest absolute Gasteiger partial charge is 0.407 e. The monoisotopic (exact) mass is 229 g/mol. The Morgan fingerprint density at radius 1 is 1.44 bits per heavy atom. The molecule has 1 fully saturated rings. The molecule has 1 aliphatic heterocycles. The summed E-state index contributed by atoms with van der Waals surface area (Å²) in [7, 11) is 0. The number of likely N-dealkylation sites (tertiary alicyclic amines) is 1. The Hall–Kier alpha value is -0.770. The molecular weight excluding hydrogens is 206 g/mol. The van der Waals surface area contributed by atoms with Gasteiger partial charge in [0.15, 0.2) is 0 Å². The Morgan fingerprint density at radius 2 is 2.06 bits per heavy atom. The molecule has 0 spiro atoms. The van der Waals surface area contributed by atoms with E-state index >= 15 is 0 Å². The third-order valence-electron chi connectivity index (χ3n) is 3.39. The molecule has 1 unspecified atom stereocenters. The normalized spacial score (nSPS) is 26.9. The second kappa shape index (κ2) is 5.04. The molecule has 1 aliphatic rings. The summed E-state index contributed by atoms with van der Waals surface area (Å²) in [5.41, 5.74) is -0.0708. The molecule has 1 saturated heterocycles. The van der Waals surface area contributed by atoms with Crippen LogP contribution in [0.3, 0.4) is 0 Å². The fourth-order valence-electron chi connectivity index (χ4n) is 2.93. The Balaban J connectivity index is 2.89. The first kappa shape index (κ1) is 13.3. The van der Waals surface area contributed by atoms with Crippen LogP contribution in [0.2, 0.25) is 0 Å². The number of carboxylic acid groups (broad SMARTS) is 1. The van der Waals surface area contributed by atoms with Crippen molar-refractivity contribution in [3.63, 3.8) is 0 Å². The van der Waals surface area contributed by atoms with Crippen LogP contribution in [0, 0.1) is 11.3 Å². The van der Waals surface area contributed by atoms with Crippen molar-refractivity contribution in [1.82, 2.24) is 4.90 Å². The average molecular weight is 229 g/mol. The predicted molar refractivity (Wildman–Crippen MR) is 62.4 cm³/mol. The fraction of sp³-hybridized carbons (Fsp3) is 0.917. The van der Waals surface area contributed by atoms with E-state index in [1.165, 1.54) is 0 Å². The highest BCUT2D eigenvalue weighted by Gasteiger charge is 2.41. The van der Waals surface area contributed by atoms with Gasteiger partial charge in [-0.1, -0.05) is 20.8 Å². The molecule has 94 valence electrons. The van der Waals surface area contributed by atoms with Gasteiger partial charge in [-0.05, 0) is 30.6 Å². The van der Waals surface area contributed by atoms with Gasteiger partial charge in [-0.2, -0.15) is 0 Å². The van der Waals surface area contributed by atoms with Crippen LogP contribution in [0.5, 0.6) is 0 Å². The highest BCUT2D eigenvalue weighted by molar-refractivity contribution is 5.65. The van der Waals surface area contributed by atoms with Gasteiger partial charge in [-0.15, -0.1) is 0 Å². The lowest BCUT2D eigenvalue weighted by Gasteiger charge is -2.46. The molecule has 1 rings (SSSR count). The van der Waals surface area contributed by atoms with Crippen LogP contribution < -0.4 is 0 Å². The van der Waals surface area contributed by atoms with Gasteiger partial charge in [0.2, 0.25) is 0 Å². The van der Waals surface area contributed by atoms with Crippen LogP contribution in [-0.4, -0.2) is 40.4 Å². The summed E-state index contributed by atoms with van der Waals surface area (Å²) in [5, 5.41) is 18.3. The van der Waals surface area contributed by atoms with Gasteiger partial charge in [0.25, 0.3) is 0 Å². The summed E-state index contributed by atoms with van der Waals surface area (Å²) in [5.74, 6) is 0.287. The lowest BCUT2D eigenvalue weighted by Crippen LogP contribution is -2.54. The minimum absolute atomic E-state index is 0.0194. The highest BCUT2D eigenvalue weighted by atomic mass is 16.4. The van der Waals surface area contributed by atoms with Crippen molar-refractivity contribution >= 4 is 6.09 Å². The highest BCUT2D eigenvalue weighted by Crippen LogP contribution is 2.37. The molecular formula is C12H23NO3. The van der Waals surface area contributed by atoms with Gasteiger partial charge in [0.05, 0.1) is 0 Å². The van der Waals surface area contributed by atoms with E-state index in [1.807, 2.05) is 0 Å². The number of hydrogen-bond acceptors (Lipinski definition) is 2. The van der Waals surface area contributed by atoms with E-state index in [9.17, 15) is 9.90 Å². The molecule has 1 amide bonds. The molecule has 0 aliphatic carbocycles. The van der Waals surface area contributed by atoms with Crippen molar-refractivity contribution in [2.75, 3.05) is 13.2 Å². The van der Waals surface area contributed by atoms with Gasteiger partial charge in [0, 0.05) is 19.2 Å². The number of piperidine rings is 1. The number of hydrogen-bond donors (Lipinski definition) is 2. The van der Waals surface area contributed by atoms with Crippen molar-refractivity contribution in [2.45, 2.75) is 46.1 Å². The maximum Gasteiger partial charge on any atom is 0.407 e. The van der Waals surface area contributed by atoms with Crippen molar-refractivity contribution in [2.24, 2.45) is 11.3 Å². The number of aliphatic hydroxyl groups is 1. The Morgan fingerprint density at radius 3 is 2.50 bits per heavy atom. The van der Waals surface area contributed by atoms with E-state index in [-0.39, 0.29) is 24.0 Å². The fourth-order valence-corrected chi connectivity index (χ4v) is 2.93. The van der Waals surface area contributed by atoms with Crippen molar-refractivity contribution in [1.29, 1.82) is 0 Å². The van der Waals surface area contributed by atoms with E-state index in [0.717, 1.165) is 12.8 Å². The third-order valence-corrected chi connectivity index (χ3v) is 3.39. The summed E-state index contributed by atoms with van der Waals surface area (Å²) in [6, 6.07) is 0.0194. The topological polar surface area (TPSA) is 60.8 Å². The SMILES string of the molecule is CC(C)(C)C1[C@@H](CCO)CCCN1C(=O)O. The number of rotatable bonds is 2.